The van der Waals surface area contributed by atoms with Crippen molar-refractivity contribution in [2.45, 2.75) is 32.7 Å². The van der Waals surface area contributed by atoms with Crippen molar-refractivity contribution in [3.8, 4) is 0 Å². The van der Waals surface area contributed by atoms with Crippen LogP contribution in [-0.4, -0.2) is 24.7 Å². The van der Waals surface area contributed by atoms with Crippen LogP contribution in [0.15, 0.2) is 36.5 Å². The summed E-state index contributed by atoms with van der Waals surface area (Å²) in [5, 5.41) is 4.66. The molecule has 0 amide bonds. The average Bonchev–Trinajstić information content (AvgIpc) is 2.50. The Hall–Kier alpha value is -1.45. The third-order valence-electron chi connectivity index (χ3n) is 3.28. The number of nitrogens with one attached hydrogen (secondary N) is 1. The number of nitrogens with zero attached hydrogens (tertiary/aromatic N) is 1. The Morgan fingerprint density at radius 3 is 2.95 bits per heavy atom. The highest BCUT2D eigenvalue weighted by atomic mass is 16.5. The summed E-state index contributed by atoms with van der Waals surface area (Å²) in [5.41, 5.74) is 2.36. The largest absolute Gasteiger partial charge is 0.381 e. The standard InChI is InChI=1S/C17H24N2O/c1-2-3-11-20-12-5-9-18-14-15-7-8-17-16(13-15)6-4-10-19-17/h4,6-8,10,13,18H,2-3,5,9,11-12,14H2,1H3. The molecule has 3 nitrogen and oxygen atoms in total. The van der Waals surface area contributed by atoms with Crippen LogP contribution in [0.5, 0.6) is 0 Å². The number of hydrogen-bond donors (Lipinski definition) is 1. The van der Waals surface area contributed by atoms with Gasteiger partial charge in [-0.05, 0) is 43.1 Å². The third kappa shape index (κ3) is 4.91. The first-order chi connectivity index (χ1) is 9.90. The van der Waals surface area contributed by atoms with Crippen molar-refractivity contribution in [2.24, 2.45) is 0 Å². The Balaban J connectivity index is 1.65. The second kappa shape index (κ2) is 8.67. The summed E-state index contributed by atoms with van der Waals surface area (Å²) in [7, 11) is 0. The molecule has 1 N–H and O–H groups in total. The van der Waals surface area contributed by atoms with Crippen molar-refractivity contribution in [1.82, 2.24) is 10.3 Å². The Kier molecular flexibility index (Phi) is 6.48. The molecule has 2 aromatic rings. The quantitative estimate of drug-likeness (QED) is 0.709. The molecule has 0 aliphatic rings. The fourth-order valence-electron chi connectivity index (χ4n) is 2.12. The normalized spacial score (nSPS) is 11.1. The SMILES string of the molecule is CCCCOCCCNCc1ccc2ncccc2c1. The van der Waals surface area contributed by atoms with E-state index in [0.29, 0.717) is 0 Å². The van der Waals surface area contributed by atoms with E-state index in [1.165, 1.54) is 23.8 Å². The molecule has 0 fully saturated rings. The van der Waals surface area contributed by atoms with E-state index < -0.39 is 0 Å². The van der Waals surface area contributed by atoms with Crippen LogP contribution in [-0.2, 0) is 11.3 Å². The van der Waals surface area contributed by atoms with Crippen LogP contribution >= 0.6 is 0 Å². The third-order valence-corrected chi connectivity index (χ3v) is 3.28. The van der Waals surface area contributed by atoms with Gasteiger partial charge in [0.15, 0.2) is 0 Å². The van der Waals surface area contributed by atoms with E-state index in [-0.39, 0.29) is 0 Å². The Morgan fingerprint density at radius 1 is 1.15 bits per heavy atom. The van der Waals surface area contributed by atoms with Gasteiger partial charge < -0.3 is 10.1 Å². The van der Waals surface area contributed by atoms with Gasteiger partial charge in [-0.2, -0.15) is 0 Å². The number of ether oxygens (including phenoxy) is 1. The summed E-state index contributed by atoms with van der Waals surface area (Å²) < 4.78 is 5.54. The fraction of sp³-hybridized carbons (Fsp3) is 0.471. The van der Waals surface area contributed by atoms with Crippen LogP contribution in [0, 0.1) is 0 Å². The number of fused-ring (bicyclic) bond motifs is 1. The molecule has 108 valence electrons. The molecule has 2 rings (SSSR count). The minimum absolute atomic E-state index is 0.856. The van der Waals surface area contributed by atoms with Crippen molar-refractivity contribution in [2.75, 3.05) is 19.8 Å². The lowest BCUT2D eigenvalue weighted by Crippen LogP contribution is -2.16. The van der Waals surface area contributed by atoms with Crippen LogP contribution in [0.25, 0.3) is 10.9 Å². The molecular formula is C17H24N2O. The van der Waals surface area contributed by atoms with Crippen LogP contribution in [0.1, 0.15) is 31.7 Å². The monoisotopic (exact) mass is 272 g/mol. The number of benzene rings is 1. The molecule has 0 atom stereocenters. The second-order valence-electron chi connectivity index (χ2n) is 5.03. The Labute approximate surface area is 121 Å². The zero-order chi connectivity index (χ0) is 14.0. The highest BCUT2D eigenvalue weighted by molar-refractivity contribution is 5.78. The topological polar surface area (TPSA) is 34.1 Å². The van der Waals surface area contributed by atoms with E-state index >= 15 is 0 Å². The van der Waals surface area contributed by atoms with Crippen molar-refractivity contribution in [1.29, 1.82) is 0 Å². The van der Waals surface area contributed by atoms with E-state index in [2.05, 4.69) is 41.5 Å². The molecule has 1 heterocycles. The lowest BCUT2D eigenvalue weighted by atomic mass is 10.1. The van der Waals surface area contributed by atoms with Crippen LogP contribution in [0.4, 0.5) is 0 Å². The van der Waals surface area contributed by atoms with Gasteiger partial charge in [0.05, 0.1) is 5.52 Å². The number of rotatable bonds is 9. The smallest absolute Gasteiger partial charge is 0.0702 e. The zero-order valence-electron chi connectivity index (χ0n) is 12.3. The zero-order valence-corrected chi connectivity index (χ0v) is 12.3. The minimum Gasteiger partial charge on any atom is -0.381 e. The molecule has 0 unspecified atom stereocenters. The molecule has 0 aliphatic heterocycles. The van der Waals surface area contributed by atoms with Gasteiger partial charge in [-0.3, -0.25) is 4.98 Å². The molecular weight excluding hydrogens is 248 g/mol. The van der Waals surface area contributed by atoms with Crippen LogP contribution in [0.2, 0.25) is 0 Å². The Bertz CT molecular complexity index is 513. The molecule has 0 spiro atoms. The number of aromatic nitrogens is 1. The van der Waals surface area contributed by atoms with Gasteiger partial charge in [-0.1, -0.05) is 25.5 Å². The van der Waals surface area contributed by atoms with E-state index in [1.54, 1.807) is 0 Å². The van der Waals surface area contributed by atoms with Crippen molar-refractivity contribution >= 4 is 10.9 Å². The summed E-state index contributed by atoms with van der Waals surface area (Å²) in [6.45, 7) is 5.84. The number of hydrogen-bond acceptors (Lipinski definition) is 3. The highest BCUT2D eigenvalue weighted by Gasteiger charge is 1.97. The molecule has 1 aromatic heterocycles. The van der Waals surface area contributed by atoms with Gasteiger partial charge >= 0.3 is 0 Å². The number of pyridine rings is 1. The van der Waals surface area contributed by atoms with E-state index in [1.807, 2.05) is 12.3 Å². The van der Waals surface area contributed by atoms with Gasteiger partial charge in [-0.15, -0.1) is 0 Å². The first kappa shape index (κ1) is 14.9. The molecule has 0 saturated heterocycles. The first-order valence-corrected chi connectivity index (χ1v) is 7.52. The molecule has 1 aromatic carbocycles. The summed E-state index contributed by atoms with van der Waals surface area (Å²) in [4.78, 5) is 4.33. The Morgan fingerprint density at radius 2 is 2.05 bits per heavy atom. The molecule has 0 bridgehead atoms. The van der Waals surface area contributed by atoms with Crippen molar-refractivity contribution < 1.29 is 4.74 Å². The second-order valence-corrected chi connectivity index (χ2v) is 5.03. The maximum atomic E-state index is 5.54. The first-order valence-electron chi connectivity index (χ1n) is 7.52. The highest BCUT2D eigenvalue weighted by Crippen LogP contribution is 2.12. The molecule has 0 aliphatic carbocycles. The van der Waals surface area contributed by atoms with Crippen molar-refractivity contribution in [3.05, 3.63) is 42.1 Å². The van der Waals surface area contributed by atoms with Gasteiger partial charge in [0.2, 0.25) is 0 Å². The van der Waals surface area contributed by atoms with Crippen LogP contribution < -0.4 is 5.32 Å². The van der Waals surface area contributed by atoms with Crippen LogP contribution in [0.3, 0.4) is 0 Å². The maximum Gasteiger partial charge on any atom is 0.0702 e. The van der Waals surface area contributed by atoms with E-state index in [9.17, 15) is 0 Å². The predicted octanol–water partition coefficient (Wildman–Crippen LogP) is 3.53. The fourth-order valence-corrected chi connectivity index (χ4v) is 2.12. The molecule has 3 heteroatoms. The molecule has 20 heavy (non-hydrogen) atoms. The van der Waals surface area contributed by atoms with E-state index in [4.69, 9.17) is 4.74 Å². The van der Waals surface area contributed by atoms with Gasteiger partial charge in [0.25, 0.3) is 0 Å². The van der Waals surface area contributed by atoms with Gasteiger partial charge in [0.1, 0.15) is 0 Å². The summed E-state index contributed by atoms with van der Waals surface area (Å²) in [6.07, 6.45) is 5.27. The average molecular weight is 272 g/mol. The van der Waals surface area contributed by atoms with E-state index in [0.717, 1.165) is 38.2 Å². The lowest BCUT2D eigenvalue weighted by Gasteiger charge is -2.06. The summed E-state index contributed by atoms with van der Waals surface area (Å²) in [6, 6.07) is 10.5. The van der Waals surface area contributed by atoms with Gasteiger partial charge in [-0.25, -0.2) is 0 Å². The summed E-state index contributed by atoms with van der Waals surface area (Å²) >= 11 is 0. The molecule has 0 saturated carbocycles. The lowest BCUT2D eigenvalue weighted by molar-refractivity contribution is 0.129. The van der Waals surface area contributed by atoms with Gasteiger partial charge in [0, 0.05) is 31.3 Å². The maximum absolute atomic E-state index is 5.54. The summed E-state index contributed by atoms with van der Waals surface area (Å²) in [5.74, 6) is 0. The van der Waals surface area contributed by atoms with Crippen molar-refractivity contribution in [3.63, 3.8) is 0 Å². The molecule has 0 radical (unpaired) electrons. The minimum atomic E-state index is 0.856. The predicted molar refractivity (Wildman–Crippen MR) is 83.8 cm³/mol. The number of unbranched alkanes of at least 4 members (excludes halogenated alkanes) is 1.